The van der Waals surface area contributed by atoms with E-state index in [1.807, 2.05) is 24.3 Å². The molecule has 2 atom stereocenters. The lowest BCUT2D eigenvalue weighted by molar-refractivity contribution is -0.120. The molecule has 3 N–H and O–H groups in total. The minimum absolute atomic E-state index is 0. The van der Waals surface area contributed by atoms with Gasteiger partial charge in [0.25, 0.3) is 0 Å². The van der Waals surface area contributed by atoms with Gasteiger partial charge in [0, 0.05) is 12.0 Å². The fourth-order valence-corrected chi connectivity index (χ4v) is 2.86. The van der Waals surface area contributed by atoms with Crippen molar-refractivity contribution in [3.63, 3.8) is 0 Å². The molecule has 8 heteroatoms. The van der Waals surface area contributed by atoms with Gasteiger partial charge in [-0.15, -0.1) is 17.5 Å². The van der Waals surface area contributed by atoms with Crippen LogP contribution < -0.4 is 15.4 Å². The van der Waals surface area contributed by atoms with Crippen molar-refractivity contribution in [1.29, 1.82) is 0 Å². The van der Waals surface area contributed by atoms with Crippen molar-refractivity contribution in [1.82, 2.24) is 20.5 Å². The monoisotopic (exact) mass is 351 g/mol. The van der Waals surface area contributed by atoms with Crippen LogP contribution in [0.15, 0.2) is 24.3 Å². The van der Waals surface area contributed by atoms with Crippen molar-refractivity contribution in [3.05, 3.63) is 24.3 Å². The minimum Gasteiger partial charge on any atom is -0.496 e. The van der Waals surface area contributed by atoms with E-state index < -0.39 is 0 Å². The normalized spacial score (nSPS) is 20.1. The molecule has 2 heterocycles. The van der Waals surface area contributed by atoms with E-state index in [4.69, 9.17) is 4.74 Å². The van der Waals surface area contributed by atoms with E-state index in [-0.39, 0.29) is 24.2 Å². The van der Waals surface area contributed by atoms with E-state index in [1.54, 1.807) is 7.11 Å². The van der Waals surface area contributed by atoms with Crippen molar-refractivity contribution in [2.24, 2.45) is 5.92 Å². The molecule has 0 bridgehead atoms. The molecule has 7 nitrogen and oxygen atoms in total. The Labute approximate surface area is 147 Å². The molecule has 1 saturated heterocycles. The molecule has 0 aliphatic carbocycles. The summed E-state index contributed by atoms with van der Waals surface area (Å²) in [7, 11) is 1.61. The van der Waals surface area contributed by atoms with Gasteiger partial charge in [0.1, 0.15) is 5.75 Å². The van der Waals surface area contributed by atoms with Crippen LogP contribution in [0.2, 0.25) is 0 Å². The highest BCUT2D eigenvalue weighted by Gasteiger charge is 2.25. The smallest absolute Gasteiger partial charge is 0.249 e. The van der Waals surface area contributed by atoms with Gasteiger partial charge in [-0.1, -0.05) is 12.1 Å². The van der Waals surface area contributed by atoms with Gasteiger partial charge in [-0.25, -0.2) is 0 Å². The zero-order valence-electron chi connectivity index (χ0n) is 13.7. The maximum absolute atomic E-state index is 12.3. The van der Waals surface area contributed by atoms with Crippen molar-refractivity contribution >= 4 is 24.3 Å². The molecule has 1 aromatic heterocycles. The number of piperidine rings is 1. The highest BCUT2D eigenvalue weighted by atomic mass is 35.5. The van der Waals surface area contributed by atoms with Gasteiger partial charge in [0.05, 0.1) is 12.7 Å². The maximum atomic E-state index is 12.3. The van der Waals surface area contributed by atoms with Crippen molar-refractivity contribution < 1.29 is 9.53 Å². The highest BCUT2D eigenvalue weighted by molar-refractivity contribution is 5.91. The Hall–Kier alpha value is -2.12. The first-order chi connectivity index (χ1) is 11.2. The zero-order valence-corrected chi connectivity index (χ0v) is 14.5. The summed E-state index contributed by atoms with van der Waals surface area (Å²) in [6.07, 6.45) is 1.66. The Morgan fingerprint density at radius 3 is 2.92 bits per heavy atom. The van der Waals surface area contributed by atoms with Gasteiger partial charge in [-0.2, -0.15) is 4.98 Å². The molecule has 3 rings (SSSR count). The number of benzene rings is 1. The van der Waals surface area contributed by atoms with Crippen LogP contribution in [0.1, 0.15) is 19.8 Å². The van der Waals surface area contributed by atoms with Crippen molar-refractivity contribution in [3.8, 4) is 17.1 Å². The molecule has 1 amide bonds. The Bertz CT molecular complexity index is 691. The van der Waals surface area contributed by atoms with Crippen molar-refractivity contribution in [2.45, 2.75) is 25.8 Å². The summed E-state index contributed by atoms with van der Waals surface area (Å²) in [6.45, 7) is 2.95. The molecule has 0 saturated carbocycles. The SMILES string of the molecule is COc1ccccc1-c1nc(NC(=O)[C@H]2CCN[C@@H](C)C2)n[nH]1.Cl. The number of hydrogen-bond donors (Lipinski definition) is 3. The molecule has 1 aromatic carbocycles. The summed E-state index contributed by atoms with van der Waals surface area (Å²) in [4.78, 5) is 16.7. The van der Waals surface area contributed by atoms with Gasteiger partial charge in [-0.05, 0) is 38.4 Å². The highest BCUT2D eigenvalue weighted by Crippen LogP contribution is 2.27. The Kier molecular flexibility index (Phi) is 6.16. The van der Waals surface area contributed by atoms with Crippen LogP contribution in [0.5, 0.6) is 5.75 Å². The Morgan fingerprint density at radius 2 is 2.17 bits per heavy atom. The first kappa shape index (κ1) is 18.2. The molecule has 2 aromatic rings. The molecule has 1 fully saturated rings. The zero-order chi connectivity index (χ0) is 16.2. The number of anilines is 1. The van der Waals surface area contributed by atoms with E-state index in [1.165, 1.54) is 0 Å². The standard InChI is InChI=1S/C16H21N5O2.ClH/c1-10-9-11(7-8-17-10)15(22)19-16-18-14(20-21-16)12-5-3-4-6-13(12)23-2;/h3-6,10-11,17H,7-9H2,1-2H3,(H2,18,19,20,21,22);1H/t10-,11-;/m0./s1. The average molecular weight is 352 g/mol. The Balaban J connectivity index is 0.00000208. The quantitative estimate of drug-likeness (QED) is 0.785. The number of halogens is 1. The summed E-state index contributed by atoms with van der Waals surface area (Å²) < 4.78 is 5.31. The van der Waals surface area contributed by atoms with E-state index >= 15 is 0 Å². The van der Waals surface area contributed by atoms with E-state index in [0.717, 1.165) is 24.9 Å². The molecule has 1 aliphatic heterocycles. The third-order valence-corrected chi connectivity index (χ3v) is 4.08. The predicted octanol–water partition coefficient (Wildman–Crippen LogP) is 2.23. The number of rotatable bonds is 4. The lowest BCUT2D eigenvalue weighted by Crippen LogP contribution is -2.40. The van der Waals surface area contributed by atoms with Crippen LogP contribution in [-0.2, 0) is 4.79 Å². The number of aromatic amines is 1. The fourth-order valence-electron chi connectivity index (χ4n) is 2.86. The van der Waals surface area contributed by atoms with Crippen LogP contribution in [0.25, 0.3) is 11.4 Å². The Morgan fingerprint density at radius 1 is 1.38 bits per heavy atom. The summed E-state index contributed by atoms with van der Waals surface area (Å²) in [5.41, 5.74) is 0.804. The van der Waals surface area contributed by atoms with Gasteiger partial charge < -0.3 is 10.1 Å². The number of para-hydroxylation sites is 1. The van der Waals surface area contributed by atoms with Crippen LogP contribution in [-0.4, -0.2) is 40.8 Å². The first-order valence-corrected chi connectivity index (χ1v) is 7.77. The van der Waals surface area contributed by atoms with Crippen LogP contribution in [0, 0.1) is 5.92 Å². The van der Waals surface area contributed by atoms with Crippen LogP contribution in [0.3, 0.4) is 0 Å². The van der Waals surface area contributed by atoms with Crippen LogP contribution >= 0.6 is 12.4 Å². The number of carbonyl (C=O) groups excluding carboxylic acids is 1. The molecule has 0 radical (unpaired) electrons. The van der Waals surface area contributed by atoms with Gasteiger partial charge in [-0.3, -0.25) is 15.2 Å². The number of aromatic nitrogens is 3. The second-order valence-corrected chi connectivity index (χ2v) is 5.77. The number of nitrogens with zero attached hydrogens (tertiary/aromatic N) is 2. The summed E-state index contributed by atoms with van der Waals surface area (Å²) in [5, 5.41) is 13.1. The maximum Gasteiger partial charge on any atom is 0.249 e. The number of nitrogens with one attached hydrogen (secondary N) is 3. The lowest BCUT2D eigenvalue weighted by atomic mass is 9.92. The lowest BCUT2D eigenvalue weighted by Gasteiger charge is -2.26. The second-order valence-electron chi connectivity index (χ2n) is 5.77. The molecule has 24 heavy (non-hydrogen) atoms. The third kappa shape index (κ3) is 4.04. The van der Waals surface area contributed by atoms with Crippen molar-refractivity contribution in [2.75, 3.05) is 19.0 Å². The molecule has 0 spiro atoms. The van der Waals surface area contributed by atoms with Gasteiger partial charge in [0.15, 0.2) is 5.82 Å². The number of H-pyrrole nitrogens is 1. The number of methoxy groups -OCH3 is 1. The number of hydrogen-bond acceptors (Lipinski definition) is 5. The van der Waals surface area contributed by atoms with Gasteiger partial charge >= 0.3 is 0 Å². The van der Waals surface area contributed by atoms with E-state index in [2.05, 4.69) is 32.7 Å². The summed E-state index contributed by atoms with van der Waals surface area (Å²) in [5.74, 6) is 1.54. The fraction of sp³-hybridized carbons (Fsp3) is 0.438. The predicted molar refractivity (Wildman–Crippen MR) is 94.4 cm³/mol. The number of amides is 1. The topological polar surface area (TPSA) is 91.9 Å². The molecule has 0 unspecified atom stereocenters. The first-order valence-electron chi connectivity index (χ1n) is 7.77. The summed E-state index contributed by atoms with van der Waals surface area (Å²) >= 11 is 0. The molecular weight excluding hydrogens is 330 g/mol. The summed E-state index contributed by atoms with van der Waals surface area (Å²) in [6, 6.07) is 7.89. The molecule has 1 aliphatic rings. The average Bonchev–Trinajstić information content (AvgIpc) is 3.03. The third-order valence-electron chi connectivity index (χ3n) is 4.08. The second kappa shape index (κ2) is 8.12. The largest absolute Gasteiger partial charge is 0.496 e. The number of ether oxygens (including phenoxy) is 1. The van der Waals surface area contributed by atoms with Gasteiger partial charge in [0.2, 0.25) is 11.9 Å². The van der Waals surface area contributed by atoms with Crippen LogP contribution in [0.4, 0.5) is 5.95 Å². The van der Waals surface area contributed by atoms with E-state index in [9.17, 15) is 4.79 Å². The van der Waals surface area contributed by atoms with E-state index in [0.29, 0.717) is 23.6 Å². The molecule has 130 valence electrons. The molecular formula is C16H22ClN5O2. The minimum atomic E-state index is -0.0241. The number of carbonyl (C=O) groups is 1.